The minimum atomic E-state index is -3.66. The Bertz CT molecular complexity index is 2490. The lowest BCUT2D eigenvalue weighted by Gasteiger charge is -2.36. The van der Waals surface area contributed by atoms with E-state index in [-0.39, 0.29) is 60.4 Å². The van der Waals surface area contributed by atoms with Gasteiger partial charge in [-0.2, -0.15) is 0 Å². The van der Waals surface area contributed by atoms with Crippen LogP contribution in [0.5, 0.6) is 0 Å². The van der Waals surface area contributed by atoms with Gasteiger partial charge in [-0.1, -0.05) is 57.2 Å². The molecule has 58 heavy (non-hydrogen) atoms. The first kappa shape index (κ1) is 45.8. The van der Waals surface area contributed by atoms with Gasteiger partial charge >= 0.3 is 11.9 Å². The Morgan fingerprint density at radius 3 is 1.40 bits per heavy atom. The Labute approximate surface area is 337 Å². The number of hydrogen-bond donors (Lipinski definition) is 0. The maximum absolute atomic E-state index is 14.9. The molecule has 0 heterocycles. The summed E-state index contributed by atoms with van der Waals surface area (Å²) in [7, 11) is -9.86. The van der Waals surface area contributed by atoms with Crippen molar-refractivity contribution in [1.82, 2.24) is 0 Å². The summed E-state index contributed by atoms with van der Waals surface area (Å²) in [6.07, 6.45) is 2.02. The molecule has 0 spiro atoms. The fourth-order valence-electron chi connectivity index (χ4n) is 5.40. The number of benzene rings is 4. The van der Waals surface area contributed by atoms with Gasteiger partial charge in [0.2, 0.25) is 0 Å². The molecule has 0 aromatic heterocycles. The molecule has 0 N–H and O–H groups in total. The Kier molecular flexibility index (Phi) is 14.2. The first-order valence-corrected chi connectivity index (χ1v) is 24.4. The SMILES string of the molecule is CC(=O)OC/C(=C(/C(=O)OC/C(=C(/CO[Si](C)(C)C(C)(C)C)c1ccc(F)c(F)c1)c1ccc(S(C)(=O)=O)cc1)c1ccc(F)c(F)c1)c1ccc(S(C)(=O)=O)cc1. The highest BCUT2D eigenvalue weighted by molar-refractivity contribution is 7.91. The van der Waals surface area contributed by atoms with E-state index in [1.165, 1.54) is 54.6 Å². The summed E-state index contributed by atoms with van der Waals surface area (Å²) >= 11 is 0. The molecule has 0 aliphatic rings. The summed E-state index contributed by atoms with van der Waals surface area (Å²) in [6, 6.07) is 16.6. The molecular formula is C42H44F4O9S2Si. The van der Waals surface area contributed by atoms with Crippen LogP contribution in [0.2, 0.25) is 18.1 Å². The molecular weight excluding hydrogens is 817 g/mol. The summed E-state index contributed by atoms with van der Waals surface area (Å²) in [5.74, 6) is -6.74. The molecule has 4 aromatic rings. The van der Waals surface area contributed by atoms with Crippen molar-refractivity contribution in [2.75, 3.05) is 32.3 Å². The zero-order chi connectivity index (χ0) is 43.4. The third-order valence-electron chi connectivity index (χ3n) is 9.76. The van der Waals surface area contributed by atoms with E-state index in [0.29, 0.717) is 5.56 Å². The average Bonchev–Trinajstić information content (AvgIpc) is 3.12. The van der Waals surface area contributed by atoms with E-state index in [1.54, 1.807) is 0 Å². The molecule has 0 fully saturated rings. The van der Waals surface area contributed by atoms with E-state index < -0.39 is 76.4 Å². The summed E-state index contributed by atoms with van der Waals surface area (Å²) in [6.45, 7) is 9.67. The van der Waals surface area contributed by atoms with Crippen molar-refractivity contribution in [1.29, 1.82) is 0 Å². The fraction of sp³-hybridized carbons (Fsp3) is 0.286. The van der Waals surface area contributed by atoms with Crippen molar-refractivity contribution in [3.8, 4) is 0 Å². The van der Waals surface area contributed by atoms with Crippen LogP contribution < -0.4 is 0 Å². The number of ether oxygens (including phenoxy) is 2. The summed E-state index contributed by atoms with van der Waals surface area (Å²) < 4.78 is 125. The lowest BCUT2D eigenvalue weighted by Crippen LogP contribution is -2.41. The highest BCUT2D eigenvalue weighted by atomic mass is 32.2. The quantitative estimate of drug-likeness (QED) is 0.0402. The van der Waals surface area contributed by atoms with Gasteiger partial charge in [0.05, 0.1) is 22.0 Å². The molecule has 0 aliphatic carbocycles. The normalized spacial score (nSPS) is 13.4. The van der Waals surface area contributed by atoms with Crippen molar-refractivity contribution >= 4 is 62.2 Å². The van der Waals surface area contributed by atoms with Crippen LogP contribution in [-0.4, -0.2) is 69.4 Å². The van der Waals surface area contributed by atoms with Crippen molar-refractivity contribution in [3.05, 3.63) is 130 Å². The predicted octanol–water partition coefficient (Wildman–Crippen LogP) is 8.70. The first-order chi connectivity index (χ1) is 26.8. The predicted molar refractivity (Wildman–Crippen MR) is 216 cm³/mol. The summed E-state index contributed by atoms with van der Waals surface area (Å²) in [4.78, 5) is 26.4. The summed E-state index contributed by atoms with van der Waals surface area (Å²) in [5, 5.41) is -0.294. The highest BCUT2D eigenvalue weighted by Crippen LogP contribution is 2.39. The van der Waals surface area contributed by atoms with E-state index in [2.05, 4.69) is 0 Å². The zero-order valence-electron chi connectivity index (χ0n) is 33.2. The molecule has 0 saturated carbocycles. The number of rotatable bonds is 14. The van der Waals surface area contributed by atoms with Crippen molar-refractivity contribution < 1.29 is 57.9 Å². The average molecular weight is 861 g/mol. The Morgan fingerprint density at radius 1 is 0.569 bits per heavy atom. The molecule has 0 atom stereocenters. The Balaban J connectivity index is 2.00. The molecule has 9 nitrogen and oxygen atoms in total. The van der Waals surface area contributed by atoms with Crippen LogP contribution in [-0.2, 0) is 43.2 Å². The largest absolute Gasteiger partial charge is 0.461 e. The van der Waals surface area contributed by atoms with Gasteiger partial charge in [0, 0.05) is 30.6 Å². The molecule has 0 radical (unpaired) electrons. The molecule has 4 aromatic carbocycles. The third kappa shape index (κ3) is 11.4. The fourth-order valence-corrected chi connectivity index (χ4v) is 7.60. The van der Waals surface area contributed by atoms with Crippen LogP contribution in [0.4, 0.5) is 17.6 Å². The van der Waals surface area contributed by atoms with Gasteiger partial charge < -0.3 is 13.9 Å². The van der Waals surface area contributed by atoms with Crippen LogP contribution in [0.3, 0.4) is 0 Å². The maximum atomic E-state index is 14.9. The van der Waals surface area contributed by atoms with Crippen molar-refractivity contribution in [2.45, 2.75) is 55.6 Å². The smallest absolute Gasteiger partial charge is 0.339 e. The lowest BCUT2D eigenvalue weighted by molar-refractivity contribution is -0.139. The second-order valence-corrected chi connectivity index (χ2v) is 23.9. The number of carbonyl (C=O) groups excluding carboxylic acids is 2. The Hall–Kier alpha value is -4.90. The van der Waals surface area contributed by atoms with Gasteiger partial charge in [-0.05, 0) is 94.5 Å². The number of hydrogen-bond acceptors (Lipinski definition) is 9. The molecule has 0 aliphatic heterocycles. The van der Waals surface area contributed by atoms with Gasteiger partial charge in [0.25, 0.3) is 0 Å². The zero-order valence-corrected chi connectivity index (χ0v) is 35.8. The minimum Gasteiger partial charge on any atom is -0.461 e. The Morgan fingerprint density at radius 2 is 0.966 bits per heavy atom. The molecule has 0 unspecified atom stereocenters. The van der Waals surface area contributed by atoms with Crippen molar-refractivity contribution in [2.24, 2.45) is 0 Å². The standard InChI is InChI=1S/C42H44F4O9S2Si/c1-26(47)53-24-35(28-11-17-32(18-12-28)57(6,51)52)40(30-14-20-37(44)39(46)22-30)41(48)54-23-33(27-9-15-31(16-10-27)56(5,49)50)34(25-55-58(7,8)42(2,3)4)29-13-19-36(43)38(45)21-29/h9-22H,23-25H2,1-8H3/b34-33+,40-35-. The topological polar surface area (TPSA) is 130 Å². The third-order valence-corrected chi connectivity index (χ3v) is 16.5. The summed E-state index contributed by atoms with van der Waals surface area (Å²) in [5.41, 5.74) is 0.469. The molecule has 0 bridgehead atoms. The maximum Gasteiger partial charge on any atom is 0.339 e. The minimum absolute atomic E-state index is 0.0277. The molecule has 16 heteroatoms. The van der Waals surface area contributed by atoms with E-state index in [4.69, 9.17) is 13.9 Å². The van der Waals surface area contributed by atoms with E-state index in [0.717, 1.165) is 49.8 Å². The monoisotopic (exact) mass is 860 g/mol. The van der Waals surface area contributed by atoms with Gasteiger partial charge in [0.1, 0.15) is 13.2 Å². The number of sulfone groups is 2. The molecule has 310 valence electrons. The molecule has 0 amide bonds. The van der Waals surface area contributed by atoms with Crippen LogP contribution in [0, 0.1) is 23.3 Å². The molecule has 0 saturated heterocycles. The van der Waals surface area contributed by atoms with E-state index in [1.807, 2.05) is 33.9 Å². The van der Waals surface area contributed by atoms with Gasteiger partial charge in [0.15, 0.2) is 51.3 Å². The first-order valence-electron chi connectivity index (χ1n) is 17.7. The van der Waals surface area contributed by atoms with Gasteiger partial charge in [-0.15, -0.1) is 0 Å². The van der Waals surface area contributed by atoms with Crippen LogP contribution in [0.15, 0.2) is 94.7 Å². The second-order valence-electron chi connectivity index (χ2n) is 15.1. The number of esters is 2. The number of halogens is 4. The number of carbonyl (C=O) groups is 2. The van der Waals surface area contributed by atoms with Gasteiger partial charge in [-0.25, -0.2) is 39.2 Å². The second kappa shape index (κ2) is 17.9. The van der Waals surface area contributed by atoms with Gasteiger partial charge in [-0.3, -0.25) is 4.79 Å². The lowest BCUT2D eigenvalue weighted by atomic mass is 9.94. The van der Waals surface area contributed by atoms with Crippen LogP contribution >= 0.6 is 0 Å². The van der Waals surface area contributed by atoms with Crippen LogP contribution in [0.25, 0.3) is 22.3 Å². The van der Waals surface area contributed by atoms with Crippen molar-refractivity contribution in [3.63, 3.8) is 0 Å². The van der Waals surface area contributed by atoms with E-state index >= 15 is 0 Å². The molecule has 4 rings (SSSR count). The van der Waals surface area contributed by atoms with E-state index in [9.17, 15) is 44.0 Å². The van der Waals surface area contributed by atoms with Crippen LogP contribution in [0.1, 0.15) is 49.9 Å². The highest BCUT2D eigenvalue weighted by Gasteiger charge is 2.37.